The molecule has 2 fully saturated rings. The summed E-state index contributed by atoms with van der Waals surface area (Å²) < 4.78 is 5.64. The topological polar surface area (TPSA) is 15.7 Å². The van der Waals surface area contributed by atoms with Gasteiger partial charge in [-0.15, -0.1) is 0 Å². The summed E-state index contributed by atoms with van der Waals surface area (Å²) in [6.45, 7) is 10.9. The fourth-order valence-corrected chi connectivity index (χ4v) is 3.60. The van der Waals surface area contributed by atoms with Crippen molar-refractivity contribution in [1.82, 2.24) is 9.80 Å². The first kappa shape index (κ1) is 14.1. The van der Waals surface area contributed by atoms with Crippen LogP contribution in [0.1, 0.15) is 25.8 Å². The zero-order valence-electron chi connectivity index (χ0n) is 12.7. The van der Waals surface area contributed by atoms with Crippen molar-refractivity contribution in [1.29, 1.82) is 0 Å². The van der Waals surface area contributed by atoms with E-state index in [0.717, 1.165) is 26.3 Å². The molecule has 3 nitrogen and oxygen atoms in total. The van der Waals surface area contributed by atoms with Gasteiger partial charge in [0, 0.05) is 37.8 Å². The van der Waals surface area contributed by atoms with Gasteiger partial charge in [0.05, 0.1) is 13.2 Å². The van der Waals surface area contributed by atoms with Crippen LogP contribution in [0.5, 0.6) is 0 Å². The molecule has 0 aliphatic carbocycles. The van der Waals surface area contributed by atoms with Gasteiger partial charge in [-0.05, 0) is 25.8 Å². The van der Waals surface area contributed by atoms with Crippen LogP contribution in [0.4, 0.5) is 0 Å². The second-order valence-electron chi connectivity index (χ2n) is 6.72. The van der Waals surface area contributed by atoms with E-state index in [-0.39, 0.29) is 5.54 Å². The second kappa shape index (κ2) is 5.84. The number of morpholine rings is 1. The highest BCUT2D eigenvalue weighted by Crippen LogP contribution is 2.27. The number of likely N-dealkylation sites (tertiary alicyclic amines) is 1. The molecule has 2 aliphatic rings. The van der Waals surface area contributed by atoms with Crippen molar-refractivity contribution in [3.63, 3.8) is 0 Å². The van der Waals surface area contributed by atoms with Crippen LogP contribution in [0.25, 0.3) is 0 Å². The third-order valence-corrected chi connectivity index (χ3v) is 4.65. The van der Waals surface area contributed by atoms with Crippen molar-refractivity contribution in [3.8, 4) is 0 Å². The van der Waals surface area contributed by atoms with Gasteiger partial charge in [-0.2, -0.15) is 0 Å². The first-order chi connectivity index (χ1) is 9.65. The van der Waals surface area contributed by atoms with Gasteiger partial charge < -0.3 is 4.74 Å². The highest BCUT2D eigenvalue weighted by Gasteiger charge is 2.38. The number of hydrogen-bond donors (Lipinski definition) is 0. The number of benzene rings is 1. The molecule has 0 N–H and O–H groups in total. The minimum Gasteiger partial charge on any atom is -0.378 e. The Bertz CT molecular complexity index is 432. The van der Waals surface area contributed by atoms with E-state index in [0.29, 0.717) is 6.04 Å². The fraction of sp³-hybridized carbons (Fsp3) is 0.647. The molecule has 0 aromatic heterocycles. The van der Waals surface area contributed by atoms with Gasteiger partial charge in [0.1, 0.15) is 0 Å². The largest absolute Gasteiger partial charge is 0.378 e. The fourth-order valence-electron chi connectivity index (χ4n) is 3.60. The molecule has 0 bridgehead atoms. The van der Waals surface area contributed by atoms with Crippen molar-refractivity contribution in [2.24, 2.45) is 0 Å². The normalized spacial score (nSPS) is 27.8. The number of hydrogen-bond acceptors (Lipinski definition) is 3. The van der Waals surface area contributed by atoms with Gasteiger partial charge in [0.25, 0.3) is 0 Å². The molecule has 1 atom stereocenters. The quantitative estimate of drug-likeness (QED) is 0.841. The molecule has 0 unspecified atom stereocenters. The summed E-state index contributed by atoms with van der Waals surface area (Å²) in [5.41, 5.74) is 1.61. The standard InChI is InChI=1S/C17H26N2O/c1-17(2)14-20-11-10-19(17)16-8-9-18(13-16)12-15-6-4-3-5-7-15/h3-7,16H,8-14H2,1-2H3/t16-/m1/s1. The van der Waals surface area contributed by atoms with Gasteiger partial charge in [0.2, 0.25) is 0 Å². The SMILES string of the molecule is CC1(C)COCCN1[C@@H]1CCN(Cc2ccccc2)C1. The van der Waals surface area contributed by atoms with E-state index >= 15 is 0 Å². The van der Waals surface area contributed by atoms with E-state index in [1.165, 1.54) is 25.1 Å². The molecule has 0 radical (unpaired) electrons. The zero-order valence-corrected chi connectivity index (χ0v) is 12.7. The van der Waals surface area contributed by atoms with Gasteiger partial charge in [-0.25, -0.2) is 0 Å². The van der Waals surface area contributed by atoms with E-state index in [2.05, 4.69) is 54.0 Å². The van der Waals surface area contributed by atoms with Gasteiger partial charge >= 0.3 is 0 Å². The third kappa shape index (κ3) is 3.05. The lowest BCUT2D eigenvalue weighted by molar-refractivity contribution is -0.0698. The summed E-state index contributed by atoms with van der Waals surface area (Å²) >= 11 is 0. The molecular formula is C17H26N2O. The van der Waals surface area contributed by atoms with Crippen LogP contribution in [0.15, 0.2) is 30.3 Å². The Hall–Kier alpha value is -0.900. The predicted octanol–water partition coefficient (Wildman–Crippen LogP) is 2.37. The Labute approximate surface area is 122 Å². The molecule has 0 amide bonds. The Morgan fingerprint density at radius 2 is 2.00 bits per heavy atom. The van der Waals surface area contributed by atoms with Crippen molar-refractivity contribution < 1.29 is 4.74 Å². The maximum atomic E-state index is 5.64. The molecule has 2 heterocycles. The molecule has 2 saturated heterocycles. The minimum absolute atomic E-state index is 0.186. The molecule has 2 aliphatic heterocycles. The molecule has 0 spiro atoms. The molecule has 20 heavy (non-hydrogen) atoms. The van der Waals surface area contributed by atoms with Crippen LogP contribution in [-0.2, 0) is 11.3 Å². The van der Waals surface area contributed by atoms with Crippen LogP contribution >= 0.6 is 0 Å². The lowest BCUT2D eigenvalue weighted by atomic mass is 9.99. The van der Waals surface area contributed by atoms with Crippen molar-refractivity contribution >= 4 is 0 Å². The lowest BCUT2D eigenvalue weighted by Gasteiger charge is -2.45. The first-order valence-corrected chi connectivity index (χ1v) is 7.76. The highest BCUT2D eigenvalue weighted by atomic mass is 16.5. The monoisotopic (exact) mass is 274 g/mol. The summed E-state index contributed by atoms with van der Waals surface area (Å²) in [7, 11) is 0. The van der Waals surface area contributed by atoms with E-state index in [4.69, 9.17) is 4.74 Å². The Morgan fingerprint density at radius 1 is 1.20 bits per heavy atom. The van der Waals surface area contributed by atoms with Crippen molar-refractivity contribution in [2.75, 3.05) is 32.8 Å². The number of rotatable bonds is 3. The van der Waals surface area contributed by atoms with Crippen LogP contribution in [0, 0.1) is 0 Å². The Kier molecular flexibility index (Phi) is 4.11. The van der Waals surface area contributed by atoms with Crippen LogP contribution in [0.2, 0.25) is 0 Å². The Balaban J connectivity index is 1.59. The average molecular weight is 274 g/mol. The molecule has 3 heteroatoms. The van der Waals surface area contributed by atoms with Crippen molar-refractivity contribution in [2.45, 2.75) is 38.4 Å². The summed E-state index contributed by atoms with van der Waals surface area (Å²) in [5, 5.41) is 0. The van der Waals surface area contributed by atoms with Crippen LogP contribution in [-0.4, -0.2) is 54.2 Å². The average Bonchev–Trinajstić information content (AvgIpc) is 2.87. The smallest absolute Gasteiger partial charge is 0.0645 e. The molecule has 1 aromatic carbocycles. The molecule has 3 rings (SSSR count). The van der Waals surface area contributed by atoms with E-state index in [9.17, 15) is 0 Å². The summed E-state index contributed by atoms with van der Waals surface area (Å²) in [5.74, 6) is 0. The number of ether oxygens (including phenoxy) is 1. The highest BCUT2D eigenvalue weighted by molar-refractivity contribution is 5.14. The lowest BCUT2D eigenvalue weighted by Crippen LogP contribution is -2.57. The summed E-state index contributed by atoms with van der Waals surface area (Å²) in [6, 6.07) is 11.5. The predicted molar refractivity (Wildman–Crippen MR) is 81.7 cm³/mol. The maximum absolute atomic E-state index is 5.64. The number of nitrogens with zero attached hydrogens (tertiary/aromatic N) is 2. The van der Waals surface area contributed by atoms with Crippen LogP contribution in [0.3, 0.4) is 0 Å². The van der Waals surface area contributed by atoms with E-state index in [1.807, 2.05) is 0 Å². The van der Waals surface area contributed by atoms with Crippen molar-refractivity contribution in [3.05, 3.63) is 35.9 Å². The van der Waals surface area contributed by atoms with Gasteiger partial charge in [0.15, 0.2) is 0 Å². The molecular weight excluding hydrogens is 248 g/mol. The summed E-state index contributed by atoms with van der Waals surface area (Å²) in [4.78, 5) is 5.26. The van der Waals surface area contributed by atoms with Crippen LogP contribution < -0.4 is 0 Å². The van der Waals surface area contributed by atoms with E-state index < -0.39 is 0 Å². The third-order valence-electron chi connectivity index (χ3n) is 4.65. The Morgan fingerprint density at radius 3 is 2.75 bits per heavy atom. The minimum atomic E-state index is 0.186. The first-order valence-electron chi connectivity index (χ1n) is 7.76. The van der Waals surface area contributed by atoms with E-state index in [1.54, 1.807) is 0 Å². The molecule has 1 aromatic rings. The molecule has 110 valence electrons. The second-order valence-corrected chi connectivity index (χ2v) is 6.72. The zero-order chi connectivity index (χ0) is 14.0. The molecule has 0 saturated carbocycles. The maximum Gasteiger partial charge on any atom is 0.0645 e. The van der Waals surface area contributed by atoms with Gasteiger partial charge in [-0.1, -0.05) is 30.3 Å². The summed E-state index contributed by atoms with van der Waals surface area (Å²) in [6.07, 6.45) is 1.29. The van der Waals surface area contributed by atoms with Gasteiger partial charge in [-0.3, -0.25) is 9.80 Å².